The van der Waals surface area contributed by atoms with Gasteiger partial charge < -0.3 is 4.90 Å². The summed E-state index contributed by atoms with van der Waals surface area (Å²) in [7, 11) is 0. The van der Waals surface area contributed by atoms with E-state index < -0.39 is 0 Å². The Hall–Kier alpha value is -1.82. The molecule has 3 nitrogen and oxygen atoms in total. The highest BCUT2D eigenvalue weighted by Crippen LogP contribution is 2.60. The van der Waals surface area contributed by atoms with Gasteiger partial charge >= 0.3 is 0 Å². The number of benzene rings is 1. The predicted octanol–water partition coefficient (Wildman–Crippen LogP) is 2.72. The van der Waals surface area contributed by atoms with E-state index in [4.69, 9.17) is 5.26 Å². The van der Waals surface area contributed by atoms with E-state index in [0.29, 0.717) is 17.7 Å². The number of piperidine rings is 1. The molecule has 1 amide bonds. The van der Waals surface area contributed by atoms with E-state index in [2.05, 4.69) is 30.3 Å². The topological polar surface area (TPSA) is 44.1 Å². The first kappa shape index (κ1) is 12.9. The van der Waals surface area contributed by atoms with Gasteiger partial charge in [-0.2, -0.15) is 5.26 Å². The molecule has 3 atom stereocenters. The fraction of sp³-hybridized carbons (Fsp3) is 0.556. The third-order valence-corrected chi connectivity index (χ3v) is 5.60. The molecule has 0 aromatic heterocycles. The third-order valence-electron chi connectivity index (χ3n) is 5.60. The molecule has 1 aromatic carbocycles. The molecule has 3 unspecified atom stereocenters. The van der Waals surface area contributed by atoms with E-state index in [1.165, 1.54) is 11.1 Å². The van der Waals surface area contributed by atoms with Gasteiger partial charge in [-0.1, -0.05) is 24.3 Å². The van der Waals surface area contributed by atoms with Gasteiger partial charge in [-0.05, 0) is 48.6 Å². The molecule has 0 bridgehead atoms. The quantitative estimate of drug-likeness (QED) is 0.794. The minimum atomic E-state index is 0.149. The van der Waals surface area contributed by atoms with Gasteiger partial charge in [-0.25, -0.2) is 0 Å². The molecule has 3 aliphatic rings. The Morgan fingerprint density at radius 1 is 1.19 bits per heavy atom. The number of hydrogen-bond donors (Lipinski definition) is 0. The van der Waals surface area contributed by atoms with Crippen LogP contribution in [-0.4, -0.2) is 23.9 Å². The molecular formula is C18H20N2O. The minimum Gasteiger partial charge on any atom is -0.342 e. The number of carbonyl (C=O) groups is 1. The van der Waals surface area contributed by atoms with Crippen LogP contribution in [0.2, 0.25) is 0 Å². The largest absolute Gasteiger partial charge is 0.342 e. The molecule has 108 valence electrons. The number of aryl methyl sites for hydroxylation is 1. The fourth-order valence-electron chi connectivity index (χ4n) is 4.34. The van der Waals surface area contributed by atoms with Crippen LogP contribution in [-0.2, 0) is 11.2 Å². The average molecular weight is 280 g/mol. The van der Waals surface area contributed by atoms with Crippen molar-refractivity contribution >= 4 is 5.91 Å². The van der Waals surface area contributed by atoms with Crippen LogP contribution in [0.15, 0.2) is 24.3 Å². The zero-order valence-corrected chi connectivity index (χ0v) is 12.2. The van der Waals surface area contributed by atoms with E-state index in [1.807, 2.05) is 4.90 Å². The molecule has 1 saturated carbocycles. The Morgan fingerprint density at radius 2 is 1.95 bits per heavy atom. The van der Waals surface area contributed by atoms with Crippen molar-refractivity contribution in [3.05, 3.63) is 35.4 Å². The number of likely N-dealkylation sites (tertiary alicyclic amines) is 1. The number of carbonyl (C=O) groups excluding carboxylic acids is 1. The van der Waals surface area contributed by atoms with Crippen molar-refractivity contribution in [2.24, 2.45) is 17.8 Å². The number of hydrogen-bond acceptors (Lipinski definition) is 2. The van der Waals surface area contributed by atoms with Gasteiger partial charge in [0.2, 0.25) is 5.91 Å². The van der Waals surface area contributed by atoms with Crippen LogP contribution in [0.1, 0.15) is 36.3 Å². The molecule has 0 spiro atoms. The summed E-state index contributed by atoms with van der Waals surface area (Å²) in [5, 5.41) is 8.96. The minimum absolute atomic E-state index is 0.149. The van der Waals surface area contributed by atoms with Crippen molar-refractivity contribution in [2.75, 3.05) is 13.1 Å². The Balaban J connectivity index is 1.48. The monoisotopic (exact) mass is 280 g/mol. The van der Waals surface area contributed by atoms with Gasteiger partial charge in [0.05, 0.1) is 6.07 Å². The van der Waals surface area contributed by atoms with Gasteiger partial charge in [0.25, 0.3) is 0 Å². The summed E-state index contributed by atoms with van der Waals surface area (Å²) in [6.07, 6.45) is 3.98. The van der Waals surface area contributed by atoms with Gasteiger partial charge in [0.15, 0.2) is 0 Å². The van der Waals surface area contributed by atoms with Crippen molar-refractivity contribution in [3.8, 4) is 6.07 Å². The van der Waals surface area contributed by atoms with E-state index in [-0.39, 0.29) is 11.8 Å². The number of amides is 1. The fourth-order valence-corrected chi connectivity index (χ4v) is 4.34. The van der Waals surface area contributed by atoms with Crippen LogP contribution in [0.5, 0.6) is 0 Å². The van der Waals surface area contributed by atoms with Crippen LogP contribution in [0, 0.1) is 29.1 Å². The zero-order valence-electron chi connectivity index (χ0n) is 12.2. The lowest BCUT2D eigenvalue weighted by atomic mass is 9.92. The number of fused-ring (bicyclic) bond motifs is 3. The Labute approximate surface area is 125 Å². The van der Waals surface area contributed by atoms with Crippen LogP contribution < -0.4 is 0 Å². The smallest absolute Gasteiger partial charge is 0.226 e. The lowest BCUT2D eigenvalue weighted by molar-refractivity contribution is -0.134. The highest BCUT2D eigenvalue weighted by atomic mass is 16.2. The highest BCUT2D eigenvalue weighted by molar-refractivity contribution is 5.84. The molecule has 2 fully saturated rings. The van der Waals surface area contributed by atoms with Gasteiger partial charge in [0.1, 0.15) is 0 Å². The summed E-state index contributed by atoms with van der Waals surface area (Å²) in [6, 6.07) is 11.0. The first-order chi connectivity index (χ1) is 10.3. The molecule has 2 aliphatic carbocycles. The molecule has 4 rings (SSSR count). The number of rotatable bonds is 1. The Bertz CT molecular complexity index is 610. The summed E-state index contributed by atoms with van der Waals surface area (Å²) >= 11 is 0. The molecule has 21 heavy (non-hydrogen) atoms. The molecule has 1 aliphatic heterocycles. The maximum atomic E-state index is 12.8. The second-order valence-electron chi connectivity index (χ2n) is 6.68. The first-order valence-electron chi connectivity index (χ1n) is 8.06. The van der Waals surface area contributed by atoms with Crippen molar-refractivity contribution in [2.45, 2.75) is 31.6 Å². The molecular weight excluding hydrogens is 260 g/mol. The first-order valence-corrected chi connectivity index (χ1v) is 8.06. The van der Waals surface area contributed by atoms with E-state index >= 15 is 0 Å². The van der Waals surface area contributed by atoms with E-state index in [0.717, 1.165) is 38.8 Å². The third kappa shape index (κ3) is 2.05. The van der Waals surface area contributed by atoms with Crippen LogP contribution in [0.4, 0.5) is 0 Å². The van der Waals surface area contributed by atoms with Crippen LogP contribution >= 0.6 is 0 Å². The molecule has 3 heteroatoms. The number of nitrogens with zero attached hydrogens (tertiary/aromatic N) is 2. The molecule has 0 N–H and O–H groups in total. The van der Waals surface area contributed by atoms with Crippen molar-refractivity contribution in [3.63, 3.8) is 0 Å². The lowest BCUT2D eigenvalue weighted by Crippen LogP contribution is -2.39. The van der Waals surface area contributed by atoms with Gasteiger partial charge in [-0.15, -0.1) is 0 Å². The van der Waals surface area contributed by atoms with Gasteiger partial charge in [0, 0.05) is 24.9 Å². The normalized spacial score (nSPS) is 31.0. The van der Waals surface area contributed by atoms with Crippen molar-refractivity contribution < 1.29 is 4.79 Å². The van der Waals surface area contributed by atoms with E-state index in [9.17, 15) is 4.79 Å². The summed E-state index contributed by atoms with van der Waals surface area (Å²) in [5.41, 5.74) is 2.86. The summed E-state index contributed by atoms with van der Waals surface area (Å²) in [4.78, 5) is 14.8. The molecule has 1 saturated heterocycles. The standard InChI is InChI=1S/C18H20N2O/c19-11-12-7-9-20(10-8-12)18(21)17-15-6-5-13-3-1-2-4-14(13)16(15)17/h1-4,12,15-17H,5-10H2. The maximum Gasteiger partial charge on any atom is 0.226 e. The maximum absolute atomic E-state index is 12.8. The number of nitriles is 1. The zero-order chi connectivity index (χ0) is 14.4. The molecule has 0 radical (unpaired) electrons. The molecule has 1 aromatic rings. The Kier molecular flexibility index (Phi) is 2.99. The lowest BCUT2D eigenvalue weighted by Gasteiger charge is -2.29. The highest BCUT2D eigenvalue weighted by Gasteiger charge is 2.57. The molecule has 1 heterocycles. The summed E-state index contributed by atoms with van der Waals surface area (Å²) in [5.74, 6) is 1.75. The second kappa shape index (κ2) is 4.87. The van der Waals surface area contributed by atoms with Gasteiger partial charge in [-0.3, -0.25) is 4.79 Å². The summed E-state index contributed by atoms with van der Waals surface area (Å²) < 4.78 is 0. The summed E-state index contributed by atoms with van der Waals surface area (Å²) in [6.45, 7) is 1.54. The van der Waals surface area contributed by atoms with Crippen molar-refractivity contribution in [1.82, 2.24) is 4.90 Å². The second-order valence-corrected chi connectivity index (χ2v) is 6.68. The van der Waals surface area contributed by atoms with E-state index in [1.54, 1.807) is 0 Å². The SMILES string of the molecule is N#CC1CCN(C(=O)C2C3CCc4ccccc4C32)CC1. The predicted molar refractivity (Wildman–Crippen MR) is 79.4 cm³/mol. The van der Waals surface area contributed by atoms with Crippen LogP contribution in [0.25, 0.3) is 0 Å². The van der Waals surface area contributed by atoms with Crippen molar-refractivity contribution in [1.29, 1.82) is 5.26 Å². The average Bonchev–Trinajstić information content (AvgIpc) is 3.29. The van der Waals surface area contributed by atoms with Crippen LogP contribution in [0.3, 0.4) is 0 Å². The Morgan fingerprint density at radius 3 is 2.71 bits per heavy atom.